The maximum Gasteiger partial charge on any atom is 0.410 e. The molecule has 1 saturated heterocycles. The largest absolute Gasteiger partial charge is 0.444 e. The summed E-state index contributed by atoms with van der Waals surface area (Å²) in [5.41, 5.74) is -0.423. The quantitative estimate of drug-likeness (QED) is 0.840. The topological polar surface area (TPSA) is 41.6 Å². The Morgan fingerprint density at radius 3 is 2.43 bits per heavy atom. The highest BCUT2D eigenvalue weighted by Gasteiger charge is 2.36. The van der Waals surface area contributed by atoms with E-state index in [0.29, 0.717) is 12.1 Å². The first kappa shape index (κ1) is 18.6. The Bertz CT molecular complexity index is 391. The van der Waals surface area contributed by atoms with Crippen LogP contribution in [0.15, 0.2) is 0 Å². The zero-order valence-corrected chi connectivity index (χ0v) is 15.7. The number of hydrogen-bond acceptors (Lipinski definition) is 3. The number of carbonyl (C=O) groups is 1. The van der Waals surface area contributed by atoms with Crippen molar-refractivity contribution in [2.24, 2.45) is 5.92 Å². The average molecular weight is 325 g/mol. The Kier molecular flexibility index (Phi) is 6.35. The highest BCUT2D eigenvalue weighted by molar-refractivity contribution is 5.68. The van der Waals surface area contributed by atoms with Gasteiger partial charge in [-0.2, -0.15) is 0 Å². The predicted molar refractivity (Wildman–Crippen MR) is 94.6 cm³/mol. The van der Waals surface area contributed by atoms with E-state index in [1.165, 1.54) is 32.1 Å². The normalized spacial score (nSPS) is 32.7. The van der Waals surface area contributed by atoms with Crippen molar-refractivity contribution in [3.63, 3.8) is 0 Å². The summed E-state index contributed by atoms with van der Waals surface area (Å²) < 4.78 is 5.59. The third-order valence-electron chi connectivity index (χ3n) is 5.48. The minimum absolute atomic E-state index is 0.160. The molecule has 4 heteroatoms. The summed E-state index contributed by atoms with van der Waals surface area (Å²) in [6.07, 6.45) is 8.67. The lowest BCUT2D eigenvalue weighted by atomic mass is 9.81. The van der Waals surface area contributed by atoms with Crippen LogP contribution in [-0.2, 0) is 4.74 Å². The second-order valence-corrected chi connectivity index (χ2v) is 8.39. The molecule has 2 rings (SSSR count). The molecule has 23 heavy (non-hydrogen) atoms. The third-order valence-corrected chi connectivity index (χ3v) is 5.48. The van der Waals surface area contributed by atoms with Gasteiger partial charge in [-0.15, -0.1) is 0 Å². The van der Waals surface area contributed by atoms with Crippen LogP contribution in [0.1, 0.15) is 79.6 Å². The Morgan fingerprint density at radius 1 is 1.13 bits per heavy atom. The SMILES string of the molecule is CCC1CCCCC1NC1CCCN(C(=O)OC(C)(C)C)C1C. The van der Waals surface area contributed by atoms with E-state index in [1.54, 1.807) is 0 Å². The van der Waals surface area contributed by atoms with Gasteiger partial charge in [0, 0.05) is 24.7 Å². The van der Waals surface area contributed by atoms with Crippen LogP contribution in [0.2, 0.25) is 0 Å². The number of hydrogen-bond donors (Lipinski definition) is 1. The first-order chi connectivity index (χ1) is 10.8. The lowest BCUT2D eigenvalue weighted by Gasteiger charge is -2.43. The maximum atomic E-state index is 12.5. The highest BCUT2D eigenvalue weighted by Crippen LogP contribution is 2.29. The predicted octanol–water partition coefficient (Wildman–Crippen LogP) is 4.33. The van der Waals surface area contributed by atoms with Gasteiger partial charge in [-0.3, -0.25) is 0 Å². The van der Waals surface area contributed by atoms with Crippen molar-refractivity contribution in [2.45, 2.75) is 103 Å². The second-order valence-electron chi connectivity index (χ2n) is 8.39. The molecule has 1 N–H and O–H groups in total. The van der Waals surface area contributed by atoms with Crippen molar-refractivity contribution >= 4 is 6.09 Å². The lowest BCUT2D eigenvalue weighted by Crippen LogP contribution is -2.58. The molecule has 134 valence electrons. The van der Waals surface area contributed by atoms with Crippen molar-refractivity contribution in [3.05, 3.63) is 0 Å². The van der Waals surface area contributed by atoms with Crippen molar-refractivity contribution in [2.75, 3.05) is 6.54 Å². The molecule has 0 aromatic heterocycles. The van der Waals surface area contributed by atoms with E-state index in [0.717, 1.165) is 25.3 Å². The summed E-state index contributed by atoms with van der Waals surface area (Å²) in [5, 5.41) is 3.91. The Morgan fingerprint density at radius 2 is 1.78 bits per heavy atom. The summed E-state index contributed by atoms with van der Waals surface area (Å²) in [5.74, 6) is 0.799. The molecular weight excluding hydrogens is 288 g/mol. The van der Waals surface area contributed by atoms with Crippen LogP contribution in [0, 0.1) is 5.92 Å². The van der Waals surface area contributed by atoms with Gasteiger partial charge in [0.1, 0.15) is 5.60 Å². The van der Waals surface area contributed by atoms with Crippen LogP contribution in [0.5, 0.6) is 0 Å². The third kappa shape index (κ3) is 5.10. The smallest absolute Gasteiger partial charge is 0.410 e. The van der Waals surface area contributed by atoms with E-state index in [4.69, 9.17) is 4.74 Å². The molecule has 1 heterocycles. The summed E-state index contributed by atoms with van der Waals surface area (Å²) in [7, 11) is 0. The number of amides is 1. The van der Waals surface area contributed by atoms with Crippen LogP contribution >= 0.6 is 0 Å². The molecule has 0 aromatic carbocycles. The number of nitrogens with zero attached hydrogens (tertiary/aromatic N) is 1. The van der Waals surface area contributed by atoms with Crippen molar-refractivity contribution in [1.82, 2.24) is 10.2 Å². The zero-order valence-electron chi connectivity index (χ0n) is 15.7. The van der Waals surface area contributed by atoms with Crippen molar-refractivity contribution < 1.29 is 9.53 Å². The molecule has 1 aliphatic carbocycles. The molecule has 0 aromatic rings. The molecule has 2 aliphatic rings. The second kappa shape index (κ2) is 7.87. The number of nitrogens with one attached hydrogen (secondary N) is 1. The van der Waals surface area contributed by atoms with E-state index in [-0.39, 0.29) is 12.1 Å². The summed E-state index contributed by atoms with van der Waals surface area (Å²) in [4.78, 5) is 14.4. The molecule has 1 amide bonds. The molecule has 4 nitrogen and oxygen atoms in total. The van der Waals surface area contributed by atoms with Gasteiger partial charge in [0.15, 0.2) is 0 Å². The van der Waals surface area contributed by atoms with Gasteiger partial charge in [-0.05, 0) is 59.3 Å². The number of likely N-dealkylation sites (tertiary alicyclic amines) is 1. The van der Waals surface area contributed by atoms with Gasteiger partial charge >= 0.3 is 6.09 Å². The molecule has 4 unspecified atom stereocenters. The van der Waals surface area contributed by atoms with Gasteiger partial charge in [-0.25, -0.2) is 4.79 Å². The van der Waals surface area contributed by atoms with Gasteiger partial charge < -0.3 is 15.0 Å². The monoisotopic (exact) mass is 324 g/mol. The lowest BCUT2D eigenvalue weighted by molar-refractivity contribution is 0.00525. The zero-order chi connectivity index (χ0) is 17.0. The van der Waals surface area contributed by atoms with Crippen LogP contribution in [0.4, 0.5) is 4.79 Å². The van der Waals surface area contributed by atoms with E-state index < -0.39 is 5.60 Å². The van der Waals surface area contributed by atoms with Gasteiger partial charge in [0.05, 0.1) is 0 Å². The van der Waals surface area contributed by atoms with Crippen LogP contribution in [0.25, 0.3) is 0 Å². The molecule has 0 bridgehead atoms. The van der Waals surface area contributed by atoms with Crippen LogP contribution in [-0.4, -0.2) is 41.3 Å². The van der Waals surface area contributed by atoms with Crippen LogP contribution < -0.4 is 5.32 Å². The van der Waals surface area contributed by atoms with E-state index >= 15 is 0 Å². The van der Waals surface area contributed by atoms with Gasteiger partial charge in [0.2, 0.25) is 0 Å². The van der Waals surface area contributed by atoms with Crippen molar-refractivity contribution in [3.8, 4) is 0 Å². The molecular formula is C19H36N2O2. The fourth-order valence-corrected chi connectivity index (χ4v) is 4.13. The average Bonchev–Trinajstić information content (AvgIpc) is 2.48. The van der Waals surface area contributed by atoms with Crippen LogP contribution in [0.3, 0.4) is 0 Å². The summed E-state index contributed by atoms with van der Waals surface area (Å²) in [6.45, 7) is 11.1. The summed E-state index contributed by atoms with van der Waals surface area (Å²) in [6, 6.07) is 1.23. The van der Waals surface area contributed by atoms with E-state index in [1.807, 2.05) is 25.7 Å². The fourth-order valence-electron chi connectivity index (χ4n) is 4.13. The summed E-state index contributed by atoms with van der Waals surface area (Å²) >= 11 is 0. The molecule has 1 saturated carbocycles. The minimum Gasteiger partial charge on any atom is -0.444 e. The van der Waals surface area contributed by atoms with E-state index in [9.17, 15) is 4.79 Å². The number of carbonyl (C=O) groups excluding carboxylic acids is 1. The first-order valence-corrected chi connectivity index (χ1v) is 9.57. The maximum absolute atomic E-state index is 12.5. The molecule has 4 atom stereocenters. The molecule has 2 fully saturated rings. The Labute approximate surface area is 142 Å². The molecule has 0 radical (unpaired) electrons. The molecule has 1 aliphatic heterocycles. The van der Waals surface area contributed by atoms with Gasteiger partial charge in [0.25, 0.3) is 0 Å². The number of ether oxygens (including phenoxy) is 1. The molecule has 0 spiro atoms. The fraction of sp³-hybridized carbons (Fsp3) is 0.947. The minimum atomic E-state index is -0.423. The Balaban J connectivity index is 1.96. The van der Waals surface area contributed by atoms with Crippen molar-refractivity contribution in [1.29, 1.82) is 0 Å². The van der Waals surface area contributed by atoms with Gasteiger partial charge in [-0.1, -0.05) is 26.2 Å². The van der Waals surface area contributed by atoms with E-state index in [2.05, 4.69) is 19.2 Å². The number of rotatable bonds is 3. The first-order valence-electron chi connectivity index (χ1n) is 9.57. The standard InChI is InChI=1S/C19H36N2O2/c1-6-15-10-7-8-11-17(15)20-16-12-9-13-21(14(16)2)18(22)23-19(3,4)5/h14-17,20H,6-13H2,1-5H3. The highest BCUT2D eigenvalue weighted by atomic mass is 16.6. The number of piperidine rings is 1. The Hall–Kier alpha value is -0.770.